The monoisotopic (exact) mass is 437 g/mol. The summed E-state index contributed by atoms with van der Waals surface area (Å²) in [5.41, 5.74) is 4.47. The maximum Gasteiger partial charge on any atom is 0.278 e. The highest BCUT2D eigenvalue weighted by Gasteiger charge is 2.42. The Bertz CT molecular complexity index is 1060. The number of hydrogen-bond donors (Lipinski definition) is 1. The van der Waals surface area contributed by atoms with Crippen molar-refractivity contribution >= 4 is 17.4 Å². The van der Waals surface area contributed by atoms with E-state index in [0.717, 1.165) is 16.7 Å². The lowest BCUT2D eigenvalue weighted by atomic mass is 9.99. The van der Waals surface area contributed by atoms with Crippen LogP contribution < -0.4 is 0 Å². The summed E-state index contributed by atoms with van der Waals surface area (Å²) in [4.78, 5) is 32.4. The average molecular weight is 438 g/mol. The summed E-state index contributed by atoms with van der Waals surface area (Å²) < 4.78 is 13.3. The van der Waals surface area contributed by atoms with Crippen molar-refractivity contribution in [1.29, 1.82) is 0 Å². The summed E-state index contributed by atoms with van der Waals surface area (Å²) in [5, 5.41) is 9.21. The second-order valence-corrected chi connectivity index (χ2v) is 8.40. The zero-order chi connectivity index (χ0) is 22.8. The summed E-state index contributed by atoms with van der Waals surface area (Å²) in [6, 6.07) is 11.7. The van der Waals surface area contributed by atoms with Crippen molar-refractivity contribution in [2.24, 2.45) is 0 Å². The van der Waals surface area contributed by atoms with Gasteiger partial charge in [-0.25, -0.2) is 4.39 Å². The third kappa shape index (κ3) is 4.31. The Hall–Kier alpha value is -3.03. The number of carbonyl (C=O) groups is 2. The minimum atomic E-state index is -0.358. The number of halogens is 1. The van der Waals surface area contributed by atoms with Crippen LogP contribution in [-0.4, -0.2) is 71.0 Å². The number of aliphatic hydroxyl groups is 1. The van der Waals surface area contributed by atoms with Crippen molar-refractivity contribution < 1.29 is 19.1 Å². The lowest BCUT2D eigenvalue weighted by Gasteiger charge is -2.36. The zero-order valence-electron chi connectivity index (χ0n) is 18.5. The summed E-state index contributed by atoms with van der Waals surface area (Å²) in [5.74, 6) is -0.998. The third-order valence-electron chi connectivity index (χ3n) is 6.30. The van der Waals surface area contributed by atoms with Crippen molar-refractivity contribution in [3.63, 3.8) is 0 Å². The molecule has 1 N–H and O–H groups in total. The summed E-state index contributed by atoms with van der Waals surface area (Å²) >= 11 is 0. The van der Waals surface area contributed by atoms with Gasteiger partial charge in [0.15, 0.2) is 0 Å². The molecule has 7 heteroatoms. The molecule has 0 unspecified atom stereocenters. The Morgan fingerprint density at radius 2 is 1.59 bits per heavy atom. The quantitative estimate of drug-likeness (QED) is 0.703. The van der Waals surface area contributed by atoms with Crippen molar-refractivity contribution in [1.82, 2.24) is 14.7 Å². The summed E-state index contributed by atoms with van der Waals surface area (Å²) in [6.45, 7) is 7.43. The summed E-state index contributed by atoms with van der Waals surface area (Å²) in [7, 11) is 0. The fraction of sp³-hybridized carbons (Fsp3) is 0.360. The largest absolute Gasteiger partial charge is 0.395 e. The Labute approximate surface area is 187 Å². The van der Waals surface area contributed by atoms with Crippen LogP contribution >= 0.6 is 0 Å². The molecule has 0 aliphatic carbocycles. The number of β-amino-alcohol motifs (C(OH)–C–C–N with tert-alkyl or cyclic N) is 1. The third-order valence-corrected chi connectivity index (χ3v) is 6.30. The lowest BCUT2D eigenvalue weighted by molar-refractivity contribution is -0.138. The van der Waals surface area contributed by atoms with Crippen LogP contribution in [0.3, 0.4) is 0 Å². The van der Waals surface area contributed by atoms with Gasteiger partial charge in [-0.15, -0.1) is 0 Å². The Morgan fingerprint density at radius 3 is 2.22 bits per heavy atom. The van der Waals surface area contributed by atoms with Gasteiger partial charge in [-0.3, -0.25) is 19.4 Å². The molecular formula is C25H28FN3O3. The normalized spacial score (nSPS) is 17.6. The molecule has 0 radical (unpaired) electrons. The predicted molar refractivity (Wildman–Crippen MR) is 120 cm³/mol. The predicted octanol–water partition coefficient (Wildman–Crippen LogP) is 2.33. The first-order valence-corrected chi connectivity index (χ1v) is 10.9. The van der Waals surface area contributed by atoms with E-state index in [0.29, 0.717) is 49.6 Å². The van der Waals surface area contributed by atoms with Gasteiger partial charge in [-0.05, 0) is 48.2 Å². The van der Waals surface area contributed by atoms with E-state index in [1.807, 2.05) is 36.9 Å². The standard InChI is InChI=1S/C25H28FN3O3/c1-17-3-6-20(15-18(17)2)22-23(28-11-9-27(10-12-28)13-14-30)25(32)29(24(22)31)16-19-4-7-21(26)8-5-19/h3-8,15,30H,9-14,16H2,1-2H3. The molecule has 0 atom stereocenters. The van der Waals surface area contributed by atoms with Crippen molar-refractivity contribution in [2.75, 3.05) is 39.3 Å². The number of carbonyl (C=O) groups excluding carboxylic acids is 2. The zero-order valence-corrected chi connectivity index (χ0v) is 18.5. The number of piperazine rings is 1. The first-order chi connectivity index (χ1) is 15.4. The van der Waals surface area contributed by atoms with E-state index in [4.69, 9.17) is 0 Å². The minimum Gasteiger partial charge on any atom is -0.395 e. The smallest absolute Gasteiger partial charge is 0.278 e. The molecule has 0 saturated carbocycles. The van der Waals surface area contributed by atoms with E-state index in [1.165, 1.54) is 17.0 Å². The number of rotatable bonds is 6. The average Bonchev–Trinajstić information content (AvgIpc) is 3.03. The molecular weight excluding hydrogens is 409 g/mol. The van der Waals surface area contributed by atoms with Crippen LogP contribution in [0.2, 0.25) is 0 Å². The number of amides is 2. The van der Waals surface area contributed by atoms with Gasteiger partial charge in [0.25, 0.3) is 11.8 Å². The maximum absolute atomic E-state index is 13.5. The van der Waals surface area contributed by atoms with Gasteiger partial charge in [-0.2, -0.15) is 0 Å². The second kappa shape index (κ2) is 9.22. The fourth-order valence-corrected chi connectivity index (χ4v) is 4.27. The van der Waals surface area contributed by atoms with E-state index in [-0.39, 0.29) is 30.8 Å². The molecule has 6 nitrogen and oxygen atoms in total. The van der Waals surface area contributed by atoms with Crippen LogP contribution in [0.25, 0.3) is 5.57 Å². The molecule has 2 heterocycles. The van der Waals surface area contributed by atoms with Crippen molar-refractivity contribution in [3.8, 4) is 0 Å². The van der Waals surface area contributed by atoms with Gasteiger partial charge in [-0.1, -0.05) is 30.3 Å². The van der Waals surface area contributed by atoms with Gasteiger partial charge in [0, 0.05) is 32.7 Å². The molecule has 1 saturated heterocycles. The van der Waals surface area contributed by atoms with E-state index >= 15 is 0 Å². The molecule has 0 spiro atoms. The second-order valence-electron chi connectivity index (χ2n) is 8.40. The Morgan fingerprint density at radius 1 is 0.906 bits per heavy atom. The number of benzene rings is 2. The van der Waals surface area contributed by atoms with Gasteiger partial charge in [0.2, 0.25) is 0 Å². The van der Waals surface area contributed by atoms with Crippen LogP contribution in [-0.2, 0) is 16.1 Å². The molecule has 2 amide bonds. The Balaban J connectivity index is 1.69. The number of imide groups is 1. The van der Waals surface area contributed by atoms with E-state index in [2.05, 4.69) is 4.90 Å². The van der Waals surface area contributed by atoms with Crippen molar-refractivity contribution in [2.45, 2.75) is 20.4 Å². The Kier molecular flexibility index (Phi) is 6.39. The molecule has 0 bridgehead atoms. The molecule has 4 rings (SSSR count). The molecule has 2 aromatic rings. The minimum absolute atomic E-state index is 0.0967. The molecule has 2 aromatic carbocycles. The number of aliphatic hydroxyl groups excluding tert-OH is 1. The van der Waals surface area contributed by atoms with Crippen molar-refractivity contribution in [3.05, 3.63) is 76.2 Å². The first kappa shape index (κ1) is 22.2. The van der Waals surface area contributed by atoms with Crippen LogP contribution in [0, 0.1) is 19.7 Å². The highest BCUT2D eigenvalue weighted by molar-refractivity contribution is 6.35. The number of aryl methyl sites for hydroxylation is 2. The molecule has 32 heavy (non-hydrogen) atoms. The van der Waals surface area contributed by atoms with Gasteiger partial charge in [0.05, 0.1) is 18.7 Å². The number of nitrogens with zero attached hydrogens (tertiary/aromatic N) is 3. The SMILES string of the molecule is Cc1ccc(C2=C(N3CCN(CCO)CC3)C(=O)N(Cc3ccc(F)cc3)C2=O)cc1C. The fourth-order valence-electron chi connectivity index (χ4n) is 4.27. The number of hydrogen-bond acceptors (Lipinski definition) is 5. The molecule has 1 fully saturated rings. The van der Waals surface area contributed by atoms with Gasteiger partial charge >= 0.3 is 0 Å². The molecule has 2 aliphatic heterocycles. The van der Waals surface area contributed by atoms with E-state index in [1.54, 1.807) is 12.1 Å². The maximum atomic E-state index is 13.5. The first-order valence-electron chi connectivity index (χ1n) is 10.9. The summed E-state index contributed by atoms with van der Waals surface area (Å²) in [6.07, 6.45) is 0. The molecule has 2 aliphatic rings. The van der Waals surface area contributed by atoms with E-state index < -0.39 is 0 Å². The van der Waals surface area contributed by atoms with Crippen LogP contribution in [0.4, 0.5) is 4.39 Å². The topological polar surface area (TPSA) is 64.1 Å². The lowest BCUT2D eigenvalue weighted by Crippen LogP contribution is -2.48. The van der Waals surface area contributed by atoms with Crippen LogP contribution in [0.1, 0.15) is 22.3 Å². The highest BCUT2D eigenvalue weighted by Crippen LogP contribution is 2.34. The van der Waals surface area contributed by atoms with E-state index in [9.17, 15) is 19.1 Å². The highest BCUT2D eigenvalue weighted by atomic mass is 19.1. The van der Waals surface area contributed by atoms with Gasteiger partial charge < -0.3 is 10.0 Å². The van der Waals surface area contributed by atoms with Crippen LogP contribution in [0.15, 0.2) is 48.2 Å². The van der Waals surface area contributed by atoms with Gasteiger partial charge in [0.1, 0.15) is 11.5 Å². The van der Waals surface area contributed by atoms with Crippen LogP contribution in [0.5, 0.6) is 0 Å². The molecule has 0 aromatic heterocycles. The molecule has 168 valence electrons.